The van der Waals surface area contributed by atoms with Crippen LogP contribution in [0.5, 0.6) is 0 Å². The van der Waals surface area contributed by atoms with Crippen LogP contribution in [0.25, 0.3) is 0 Å². The summed E-state index contributed by atoms with van der Waals surface area (Å²) in [6.07, 6.45) is 0.0131. The molecular formula is C11H16N2O3. The quantitative estimate of drug-likeness (QED) is 0.658. The number of ether oxygens (including phenoxy) is 1. The second-order valence-corrected chi connectivity index (χ2v) is 3.54. The lowest BCUT2D eigenvalue weighted by molar-refractivity contribution is 0.0697. The van der Waals surface area contributed by atoms with Crippen LogP contribution in [-0.4, -0.2) is 30.8 Å². The van der Waals surface area contributed by atoms with Gasteiger partial charge in [0.1, 0.15) is 0 Å². The van der Waals surface area contributed by atoms with Gasteiger partial charge in [0.15, 0.2) is 0 Å². The molecule has 1 unspecified atom stereocenters. The second-order valence-electron chi connectivity index (χ2n) is 3.54. The van der Waals surface area contributed by atoms with Crippen LogP contribution in [0.1, 0.15) is 17.3 Å². The summed E-state index contributed by atoms with van der Waals surface area (Å²) in [5.74, 6) is -1.00. The molecular weight excluding hydrogens is 208 g/mol. The molecule has 1 aromatic rings. The first kappa shape index (κ1) is 12.3. The molecule has 16 heavy (non-hydrogen) atoms. The van der Waals surface area contributed by atoms with E-state index in [1.54, 1.807) is 19.2 Å². The third kappa shape index (κ3) is 3.13. The van der Waals surface area contributed by atoms with Crippen LogP contribution in [0, 0.1) is 0 Å². The van der Waals surface area contributed by atoms with Crippen molar-refractivity contribution in [3.63, 3.8) is 0 Å². The lowest BCUT2D eigenvalue weighted by atomic mass is 10.1. The topological polar surface area (TPSA) is 84.6 Å². The fraction of sp³-hybridized carbons (Fsp3) is 0.364. The van der Waals surface area contributed by atoms with Crippen molar-refractivity contribution in [2.24, 2.45) is 0 Å². The van der Waals surface area contributed by atoms with Gasteiger partial charge in [-0.1, -0.05) is 0 Å². The molecule has 5 nitrogen and oxygen atoms in total. The molecule has 4 N–H and O–H groups in total. The minimum absolute atomic E-state index is 0.0131. The molecule has 0 aliphatic carbocycles. The lowest BCUT2D eigenvalue weighted by Gasteiger charge is -2.13. The first-order valence-corrected chi connectivity index (χ1v) is 4.94. The zero-order valence-corrected chi connectivity index (χ0v) is 9.36. The summed E-state index contributed by atoms with van der Waals surface area (Å²) in [5.41, 5.74) is 6.68. The smallest absolute Gasteiger partial charge is 0.337 e. The molecule has 0 saturated heterocycles. The molecule has 0 aliphatic heterocycles. The number of carboxylic acids is 1. The number of nitrogen functional groups attached to an aromatic ring is 1. The van der Waals surface area contributed by atoms with E-state index in [1.807, 2.05) is 6.92 Å². The maximum atomic E-state index is 11.0. The second kappa shape index (κ2) is 5.37. The highest BCUT2D eigenvalue weighted by Gasteiger charge is 2.10. The molecule has 0 saturated carbocycles. The van der Waals surface area contributed by atoms with E-state index in [-0.39, 0.29) is 11.7 Å². The molecule has 0 spiro atoms. The average Bonchev–Trinajstić information content (AvgIpc) is 2.26. The van der Waals surface area contributed by atoms with Gasteiger partial charge in [-0.25, -0.2) is 4.79 Å². The number of anilines is 2. The van der Waals surface area contributed by atoms with Crippen molar-refractivity contribution in [2.45, 2.75) is 13.0 Å². The number of rotatable bonds is 5. The Morgan fingerprint density at radius 3 is 2.88 bits per heavy atom. The van der Waals surface area contributed by atoms with Gasteiger partial charge in [0.25, 0.3) is 0 Å². The number of hydrogen-bond donors (Lipinski definition) is 3. The number of nitrogens with one attached hydrogen (secondary N) is 1. The largest absolute Gasteiger partial charge is 0.478 e. The first-order chi connectivity index (χ1) is 7.54. The predicted molar refractivity (Wildman–Crippen MR) is 62.8 cm³/mol. The molecule has 88 valence electrons. The summed E-state index contributed by atoms with van der Waals surface area (Å²) in [6, 6.07) is 4.75. The van der Waals surface area contributed by atoms with Crippen LogP contribution in [0.15, 0.2) is 18.2 Å². The van der Waals surface area contributed by atoms with Gasteiger partial charge in [-0.05, 0) is 25.1 Å². The minimum atomic E-state index is -1.00. The van der Waals surface area contributed by atoms with Gasteiger partial charge < -0.3 is 20.9 Å². The maximum absolute atomic E-state index is 11.0. The summed E-state index contributed by atoms with van der Waals surface area (Å²) in [6.45, 7) is 2.44. The Bertz CT molecular complexity index is 379. The number of hydrogen-bond acceptors (Lipinski definition) is 4. The molecule has 0 aliphatic rings. The van der Waals surface area contributed by atoms with Gasteiger partial charge in [-0.15, -0.1) is 0 Å². The van der Waals surface area contributed by atoms with Crippen molar-refractivity contribution in [3.05, 3.63) is 23.8 Å². The van der Waals surface area contributed by atoms with Gasteiger partial charge >= 0.3 is 5.97 Å². The average molecular weight is 224 g/mol. The first-order valence-electron chi connectivity index (χ1n) is 4.94. The van der Waals surface area contributed by atoms with E-state index in [0.29, 0.717) is 17.9 Å². The van der Waals surface area contributed by atoms with Crippen molar-refractivity contribution in [1.82, 2.24) is 0 Å². The highest BCUT2D eigenvalue weighted by Crippen LogP contribution is 2.18. The van der Waals surface area contributed by atoms with Crippen molar-refractivity contribution in [3.8, 4) is 0 Å². The molecule has 0 aromatic heterocycles. The lowest BCUT2D eigenvalue weighted by Crippen LogP contribution is -2.19. The van der Waals surface area contributed by atoms with Crippen molar-refractivity contribution in [1.29, 1.82) is 0 Å². The molecule has 0 amide bonds. The Kier molecular flexibility index (Phi) is 4.13. The number of nitrogens with two attached hydrogens (primary N) is 1. The minimum Gasteiger partial charge on any atom is -0.478 e. The molecule has 5 heteroatoms. The van der Waals surface area contributed by atoms with E-state index in [2.05, 4.69) is 5.32 Å². The Morgan fingerprint density at radius 2 is 2.31 bits per heavy atom. The molecule has 0 bridgehead atoms. The van der Waals surface area contributed by atoms with Gasteiger partial charge in [0.05, 0.1) is 11.7 Å². The van der Waals surface area contributed by atoms with Crippen LogP contribution in [0.4, 0.5) is 11.4 Å². The van der Waals surface area contributed by atoms with Crippen molar-refractivity contribution in [2.75, 3.05) is 24.7 Å². The van der Waals surface area contributed by atoms with Crippen molar-refractivity contribution < 1.29 is 14.6 Å². The van der Waals surface area contributed by atoms with Gasteiger partial charge in [0.2, 0.25) is 0 Å². The van der Waals surface area contributed by atoms with E-state index in [0.717, 1.165) is 0 Å². The SMILES string of the molecule is COC(C)CNc1ccc(N)cc1C(=O)O. The molecule has 1 rings (SSSR count). The summed E-state index contributed by atoms with van der Waals surface area (Å²) in [7, 11) is 1.60. The fourth-order valence-corrected chi connectivity index (χ4v) is 1.23. The van der Waals surface area contributed by atoms with Gasteiger partial charge in [-0.2, -0.15) is 0 Å². The standard InChI is InChI=1S/C11H16N2O3/c1-7(16-2)6-13-10-4-3-8(12)5-9(10)11(14)15/h3-5,7,13H,6,12H2,1-2H3,(H,14,15). The Labute approximate surface area is 94.2 Å². The molecule has 1 aromatic carbocycles. The third-order valence-corrected chi connectivity index (χ3v) is 2.26. The number of aromatic carboxylic acids is 1. The number of carbonyl (C=O) groups is 1. The zero-order valence-electron chi connectivity index (χ0n) is 9.36. The van der Waals surface area contributed by atoms with E-state index in [1.165, 1.54) is 6.07 Å². The number of benzene rings is 1. The van der Waals surface area contributed by atoms with Crippen LogP contribution < -0.4 is 11.1 Å². The zero-order chi connectivity index (χ0) is 12.1. The highest BCUT2D eigenvalue weighted by molar-refractivity contribution is 5.95. The summed E-state index contributed by atoms with van der Waals surface area (Å²) in [5, 5.41) is 12.0. The van der Waals surface area contributed by atoms with E-state index >= 15 is 0 Å². The van der Waals surface area contributed by atoms with E-state index in [4.69, 9.17) is 15.6 Å². The maximum Gasteiger partial charge on any atom is 0.337 e. The van der Waals surface area contributed by atoms with E-state index in [9.17, 15) is 4.79 Å². The Hall–Kier alpha value is -1.75. The highest BCUT2D eigenvalue weighted by atomic mass is 16.5. The van der Waals surface area contributed by atoms with Crippen LogP contribution >= 0.6 is 0 Å². The van der Waals surface area contributed by atoms with Crippen LogP contribution in [0.2, 0.25) is 0 Å². The predicted octanol–water partition coefficient (Wildman–Crippen LogP) is 1.41. The normalized spacial score (nSPS) is 12.1. The molecule has 0 fully saturated rings. The fourth-order valence-electron chi connectivity index (χ4n) is 1.23. The molecule has 0 heterocycles. The number of methoxy groups -OCH3 is 1. The van der Waals surface area contributed by atoms with E-state index < -0.39 is 5.97 Å². The molecule has 1 atom stereocenters. The van der Waals surface area contributed by atoms with Gasteiger partial charge in [-0.3, -0.25) is 0 Å². The Balaban J connectivity index is 2.82. The van der Waals surface area contributed by atoms with Crippen LogP contribution in [0.3, 0.4) is 0 Å². The van der Waals surface area contributed by atoms with Crippen LogP contribution in [-0.2, 0) is 4.74 Å². The summed E-state index contributed by atoms with van der Waals surface area (Å²) < 4.78 is 5.06. The molecule has 0 radical (unpaired) electrons. The Morgan fingerprint density at radius 1 is 1.62 bits per heavy atom. The third-order valence-electron chi connectivity index (χ3n) is 2.26. The summed E-state index contributed by atoms with van der Waals surface area (Å²) in [4.78, 5) is 11.0. The number of carboxylic acid groups (broad SMARTS) is 1. The monoisotopic (exact) mass is 224 g/mol. The van der Waals surface area contributed by atoms with Gasteiger partial charge in [0, 0.05) is 25.0 Å². The van der Waals surface area contributed by atoms with Crippen molar-refractivity contribution >= 4 is 17.3 Å². The summed E-state index contributed by atoms with van der Waals surface area (Å²) >= 11 is 0.